The van der Waals surface area contributed by atoms with E-state index in [1.165, 1.54) is 161 Å². The molecule has 0 aromatic heterocycles. The fraction of sp³-hybridized carbons (Fsp3) is 0.432. The molecule has 4 nitrogen and oxygen atoms in total. The second kappa shape index (κ2) is 35.4. The number of hydrogen-bond donors (Lipinski definition) is 0. The van der Waals surface area contributed by atoms with Crippen LogP contribution in [0.4, 0.5) is 0 Å². The van der Waals surface area contributed by atoms with Gasteiger partial charge in [-0.2, -0.15) is 0 Å². The predicted molar refractivity (Wildman–Crippen MR) is 341 cm³/mol. The first-order chi connectivity index (χ1) is 39.1. The molecule has 7 rings (SSSR count). The second-order valence-electron chi connectivity index (χ2n) is 22.0. The van der Waals surface area contributed by atoms with E-state index in [1.54, 1.807) is 0 Å². The van der Waals surface area contributed by atoms with Gasteiger partial charge in [0.25, 0.3) is 0 Å². The highest BCUT2D eigenvalue weighted by Gasteiger charge is 2.31. The van der Waals surface area contributed by atoms with E-state index < -0.39 is 0 Å². The van der Waals surface area contributed by atoms with Crippen molar-refractivity contribution in [3.63, 3.8) is 0 Å². The Labute approximate surface area is 479 Å². The summed E-state index contributed by atoms with van der Waals surface area (Å²) in [5.74, 6) is 3.62. The van der Waals surface area contributed by atoms with Gasteiger partial charge in [-0.3, -0.25) is 0 Å². The van der Waals surface area contributed by atoms with E-state index in [0.717, 1.165) is 103 Å². The molecule has 0 heterocycles. The van der Waals surface area contributed by atoms with Crippen molar-refractivity contribution < 1.29 is 18.9 Å². The molecule has 7 aromatic rings. The second-order valence-corrected chi connectivity index (χ2v) is 22.0. The van der Waals surface area contributed by atoms with Gasteiger partial charge in [0, 0.05) is 0 Å². The number of hydrogen-bond acceptors (Lipinski definition) is 4. The largest absolute Gasteiger partial charge is 0.494 e. The van der Waals surface area contributed by atoms with Crippen LogP contribution in [-0.2, 0) is 0 Å². The van der Waals surface area contributed by atoms with Gasteiger partial charge in [-0.1, -0.05) is 288 Å². The summed E-state index contributed by atoms with van der Waals surface area (Å²) in [6.07, 6.45) is 29.6. The lowest BCUT2D eigenvalue weighted by Crippen LogP contribution is -2.52. The fourth-order valence-corrected chi connectivity index (χ4v) is 11.1. The average Bonchev–Trinajstić information content (AvgIpc) is 3.66. The Hall–Kier alpha value is -6.20. The van der Waals surface area contributed by atoms with Crippen molar-refractivity contribution in [2.75, 3.05) is 26.4 Å². The molecule has 0 aliphatic carbocycles. The SMILES string of the molecule is CCCCCCCCOc1ccc(-c2cc(B(c3ccccc3)c3ccccc3)c(-c3ccc(OCCCCCCCC)cc3)c(-c3ccc(OCCCCCCCC)cc3)c2-c2ccc(OCCCCCCCC)cc2)cc1. The molecular formula is C74H95BO4. The minimum absolute atomic E-state index is 0.0924. The van der Waals surface area contributed by atoms with Gasteiger partial charge in [-0.05, 0) is 119 Å². The molecular weight excluding hydrogens is 964 g/mol. The van der Waals surface area contributed by atoms with E-state index in [9.17, 15) is 0 Å². The van der Waals surface area contributed by atoms with Crippen LogP contribution < -0.4 is 35.3 Å². The van der Waals surface area contributed by atoms with Crippen molar-refractivity contribution in [1.29, 1.82) is 0 Å². The Morgan fingerprint density at radius 2 is 0.544 bits per heavy atom. The zero-order valence-electron chi connectivity index (χ0n) is 49.1. The van der Waals surface area contributed by atoms with Crippen molar-refractivity contribution in [3.05, 3.63) is 164 Å². The van der Waals surface area contributed by atoms with Crippen LogP contribution in [0.2, 0.25) is 0 Å². The summed E-state index contributed by atoms with van der Waals surface area (Å²) in [7, 11) is 0. The zero-order chi connectivity index (χ0) is 55.0. The minimum Gasteiger partial charge on any atom is -0.494 e. The monoisotopic (exact) mass is 1060 g/mol. The van der Waals surface area contributed by atoms with Gasteiger partial charge in [0.1, 0.15) is 23.0 Å². The molecule has 0 saturated heterocycles. The van der Waals surface area contributed by atoms with Crippen LogP contribution in [0, 0.1) is 0 Å². The molecule has 0 amide bonds. The Bertz CT molecular complexity index is 2660. The summed E-state index contributed by atoms with van der Waals surface area (Å²) in [5.41, 5.74) is 13.0. The van der Waals surface area contributed by atoms with E-state index >= 15 is 0 Å². The highest BCUT2D eigenvalue weighted by atomic mass is 16.5. The smallest absolute Gasteiger partial charge is 0.242 e. The Morgan fingerprint density at radius 1 is 0.266 bits per heavy atom. The first kappa shape index (κ1) is 60.4. The quantitative estimate of drug-likeness (QED) is 0.0284. The Morgan fingerprint density at radius 3 is 0.873 bits per heavy atom. The van der Waals surface area contributed by atoms with E-state index in [4.69, 9.17) is 18.9 Å². The van der Waals surface area contributed by atoms with Crippen LogP contribution in [0.15, 0.2) is 164 Å². The zero-order valence-corrected chi connectivity index (χ0v) is 49.1. The van der Waals surface area contributed by atoms with Crippen molar-refractivity contribution >= 4 is 23.1 Å². The minimum atomic E-state index is -0.0924. The molecule has 0 saturated carbocycles. The maximum absolute atomic E-state index is 6.49. The third-order valence-electron chi connectivity index (χ3n) is 15.6. The van der Waals surface area contributed by atoms with Crippen LogP contribution in [0.1, 0.15) is 182 Å². The third kappa shape index (κ3) is 19.5. The molecule has 7 aromatic carbocycles. The van der Waals surface area contributed by atoms with E-state index in [-0.39, 0.29) is 6.71 Å². The summed E-state index contributed by atoms with van der Waals surface area (Å²) < 4.78 is 25.9. The van der Waals surface area contributed by atoms with Gasteiger partial charge in [-0.15, -0.1) is 0 Å². The molecule has 0 unspecified atom stereocenters. The molecule has 0 bridgehead atoms. The van der Waals surface area contributed by atoms with Crippen molar-refractivity contribution in [1.82, 2.24) is 0 Å². The van der Waals surface area contributed by atoms with Crippen LogP contribution in [0.3, 0.4) is 0 Å². The first-order valence-electron chi connectivity index (χ1n) is 31.3. The van der Waals surface area contributed by atoms with Crippen LogP contribution in [0.25, 0.3) is 44.5 Å². The first-order valence-corrected chi connectivity index (χ1v) is 31.3. The van der Waals surface area contributed by atoms with Crippen molar-refractivity contribution in [2.24, 2.45) is 0 Å². The molecule has 0 aliphatic rings. The predicted octanol–water partition coefficient (Wildman–Crippen LogP) is 19.8. The van der Waals surface area contributed by atoms with Gasteiger partial charge >= 0.3 is 0 Å². The molecule has 79 heavy (non-hydrogen) atoms. The molecule has 0 aliphatic heterocycles. The molecule has 0 atom stereocenters. The van der Waals surface area contributed by atoms with Crippen LogP contribution in [0.5, 0.6) is 23.0 Å². The highest BCUT2D eigenvalue weighted by molar-refractivity contribution is 6.96. The summed E-state index contributed by atoms with van der Waals surface area (Å²) in [4.78, 5) is 0. The number of rotatable bonds is 39. The maximum atomic E-state index is 6.49. The summed E-state index contributed by atoms with van der Waals surface area (Å²) in [6.45, 7) is 11.9. The fourth-order valence-electron chi connectivity index (χ4n) is 11.1. The summed E-state index contributed by atoms with van der Waals surface area (Å²) >= 11 is 0. The third-order valence-corrected chi connectivity index (χ3v) is 15.6. The van der Waals surface area contributed by atoms with Gasteiger partial charge in [-0.25, -0.2) is 0 Å². The van der Waals surface area contributed by atoms with Crippen molar-refractivity contribution in [2.45, 2.75) is 182 Å². The molecule has 0 fully saturated rings. The van der Waals surface area contributed by atoms with Gasteiger partial charge in [0.15, 0.2) is 0 Å². The summed E-state index contributed by atoms with van der Waals surface area (Å²) in [6, 6.07) is 60.4. The topological polar surface area (TPSA) is 36.9 Å². The number of benzene rings is 7. The lowest BCUT2D eigenvalue weighted by Gasteiger charge is -2.28. The Balaban J connectivity index is 1.40. The summed E-state index contributed by atoms with van der Waals surface area (Å²) in [5, 5.41) is 0. The van der Waals surface area contributed by atoms with Gasteiger partial charge < -0.3 is 18.9 Å². The normalized spacial score (nSPS) is 11.2. The van der Waals surface area contributed by atoms with E-state index in [2.05, 4.69) is 191 Å². The molecule has 0 N–H and O–H groups in total. The highest BCUT2D eigenvalue weighted by Crippen LogP contribution is 2.46. The van der Waals surface area contributed by atoms with Crippen molar-refractivity contribution in [3.8, 4) is 67.5 Å². The number of unbranched alkanes of at least 4 members (excludes halogenated alkanes) is 20. The van der Waals surface area contributed by atoms with Gasteiger partial charge in [0.05, 0.1) is 26.4 Å². The molecule has 5 heteroatoms. The lowest BCUT2D eigenvalue weighted by molar-refractivity contribution is 0.304. The molecule has 0 spiro atoms. The van der Waals surface area contributed by atoms with Crippen LogP contribution in [-0.4, -0.2) is 33.1 Å². The maximum Gasteiger partial charge on any atom is 0.242 e. The Kier molecular flexibility index (Phi) is 27.1. The number of ether oxygens (including phenoxy) is 4. The van der Waals surface area contributed by atoms with Gasteiger partial charge in [0.2, 0.25) is 6.71 Å². The standard InChI is InChI=1S/C74H95BO4/c1-5-9-13-17-21-31-55-76-66-47-39-60(40-48-66)70-59-71(75(64-35-27-25-28-36-64)65-37-29-26-30-38-65)73(62-43-51-68(52-44-62)78-57-33-23-19-15-11-7-3)74(63-45-53-69(54-46-63)79-58-34-24-20-16-12-8-4)72(70)61-41-49-67(50-42-61)77-56-32-22-18-14-10-6-2/h25-30,35-54,59H,5-24,31-34,55-58H2,1-4H3. The van der Waals surface area contributed by atoms with E-state index in [1.807, 2.05) is 0 Å². The van der Waals surface area contributed by atoms with Crippen LogP contribution >= 0.6 is 0 Å². The molecule has 418 valence electrons. The average molecular weight is 1060 g/mol. The van der Waals surface area contributed by atoms with E-state index in [0.29, 0.717) is 0 Å². The molecule has 0 radical (unpaired) electrons. The lowest BCUT2D eigenvalue weighted by atomic mass is 9.35.